The quantitative estimate of drug-likeness (QED) is 0.224. The zero-order valence-electron chi connectivity index (χ0n) is 23.5. The topological polar surface area (TPSA) is 27.2 Å². The molecule has 0 N–H and O–H groups in total. The highest BCUT2D eigenvalue weighted by atomic mass is 15.2. The number of aromatic nitrogens is 4. The van der Waals surface area contributed by atoms with Crippen molar-refractivity contribution in [3.8, 4) is 11.4 Å². The minimum atomic E-state index is -0.178. The summed E-state index contributed by atoms with van der Waals surface area (Å²) in [6.45, 7) is 10.9. The van der Waals surface area contributed by atoms with Crippen molar-refractivity contribution in [3.63, 3.8) is 0 Å². The Labute approximate surface area is 238 Å². The number of fused-ring (bicyclic) bond motifs is 8. The van der Waals surface area contributed by atoms with Gasteiger partial charge in [-0.2, -0.15) is 0 Å². The van der Waals surface area contributed by atoms with E-state index in [0.29, 0.717) is 0 Å². The molecular formula is C37H30N4. The Morgan fingerprint density at radius 2 is 1.39 bits per heavy atom. The largest absolute Gasteiger partial charge is 0.312 e. The molecule has 198 valence electrons. The third kappa shape index (κ3) is 3.07. The number of rotatable bonds is 3. The van der Waals surface area contributed by atoms with Crippen LogP contribution < -0.4 is 0 Å². The van der Waals surface area contributed by atoms with E-state index in [1.807, 2.05) is 6.08 Å². The van der Waals surface area contributed by atoms with Gasteiger partial charge in [0.2, 0.25) is 5.78 Å². The van der Waals surface area contributed by atoms with Crippen molar-refractivity contribution in [3.05, 3.63) is 139 Å². The number of hydrogen-bond acceptors (Lipinski definition) is 1. The summed E-state index contributed by atoms with van der Waals surface area (Å²) in [6, 6.07) is 34.6. The lowest BCUT2D eigenvalue weighted by molar-refractivity contribution is 0.623. The van der Waals surface area contributed by atoms with Crippen molar-refractivity contribution < 1.29 is 0 Å². The summed E-state index contributed by atoms with van der Waals surface area (Å²) in [6.07, 6.45) is 6.34. The highest BCUT2D eigenvalue weighted by Gasteiger charge is 2.42. The van der Waals surface area contributed by atoms with Gasteiger partial charge in [0.1, 0.15) is 0 Å². The van der Waals surface area contributed by atoms with Gasteiger partial charge in [0.05, 0.1) is 33.3 Å². The van der Waals surface area contributed by atoms with Crippen molar-refractivity contribution in [2.75, 3.05) is 0 Å². The van der Waals surface area contributed by atoms with E-state index in [1.54, 1.807) is 0 Å². The third-order valence-electron chi connectivity index (χ3n) is 8.73. The fourth-order valence-electron chi connectivity index (χ4n) is 7.16. The highest BCUT2D eigenvalue weighted by molar-refractivity contribution is 6.05. The van der Waals surface area contributed by atoms with Gasteiger partial charge < -0.3 is 4.57 Å². The summed E-state index contributed by atoms with van der Waals surface area (Å²) in [5, 5.41) is 1.26. The lowest BCUT2D eigenvalue weighted by Crippen LogP contribution is -2.20. The van der Waals surface area contributed by atoms with Crippen molar-refractivity contribution >= 4 is 44.3 Å². The molecule has 1 aliphatic rings. The number of benzene rings is 4. The highest BCUT2D eigenvalue weighted by Crippen LogP contribution is 2.54. The zero-order chi connectivity index (χ0) is 27.9. The molecule has 7 aromatic rings. The molecule has 8 rings (SSSR count). The minimum absolute atomic E-state index is 0.178. The van der Waals surface area contributed by atoms with Gasteiger partial charge in [-0.25, -0.2) is 4.98 Å². The number of allylic oxidation sites excluding steroid dienone is 5. The second kappa shape index (κ2) is 8.45. The SMILES string of the molecule is C=CC=C1/C(=C\C)C(C)(C)c2c1c1ccccc1n2-c1cccc(-n2c3ccccc3n3c4ccccc4nc23)c1. The van der Waals surface area contributed by atoms with E-state index in [9.17, 15) is 0 Å². The van der Waals surface area contributed by atoms with Crippen LogP contribution in [0.5, 0.6) is 0 Å². The molecule has 0 fully saturated rings. The Morgan fingerprint density at radius 1 is 0.732 bits per heavy atom. The number of para-hydroxylation sites is 5. The number of hydrogen-bond donors (Lipinski definition) is 0. The summed E-state index contributed by atoms with van der Waals surface area (Å²) in [4.78, 5) is 5.10. The molecule has 4 nitrogen and oxygen atoms in total. The third-order valence-corrected chi connectivity index (χ3v) is 8.73. The lowest BCUT2D eigenvalue weighted by Gasteiger charge is -2.25. The summed E-state index contributed by atoms with van der Waals surface area (Å²) in [5.41, 5.74) is 12.8. The van der Waals surface area contributed by atoms with E-state index in [-0.39, 0.29) is 5.41 Å². The second-order valence-electron chi connectivity index (χ2n) is 11.3. The molecule has 0 saturated heterocycles. The summed E-state index contributed by atoms with van der Waals surface area (Å²) < 4.78 is 7.02. The minimum Gasteiger partial charge on any atom is -0.312 e. The maximum atomic E-state index is 5.10. The fraction of sp³-hybridized carbons (Fsp3) is 0.108. The molecule has 0 bridgehead atoms. The predicted molar refractivity (Wildman–Crippen MR) is 171 cm³/mol. The Balaban J connectivity index is 1.45. The van der Waals surface area contributed by atoms with E-state index in [1.165, 1.54) is 33.3 Å². The van der Waals surface area contributed by atoms with Crippen molar-refractivity contribution in [2.45, 2.75) is 26.2 Å². The van der Waals surface area contributed by atoms with Gasteiger partial charge in [0.15, 0.2) is 0 Å². The molecule has 0 unspecified atom stereocenters. The summed E-state index contributed by atoms with van der Waals surface area (Å²) in [7, 11) is 0. The summed E-state index contributed by atoms with van der Waals surface area (Å²) >= 11 is 0. The molecule has 0 amide bonds. The number of nitrogens with zero attached hydrogens (tertiary/aromatic N) is 4. The van der Waals surface area contributed by atoms with E-state index < -0.39 is 0 Å². The Bertz CT molecular complexity index is 2260. The standard InChI is InChI=1S/C37H30N4/c1-5-14-26-28(6-2)37(3,4)35-34(26)27-17-7-9-19-30(27)39(35)24-15-13-16-25(23-24)40-32-21-11-12-22-33(32)41-31-20-10-8-18-29(31)38-36(40)41/h5-23H,1H2,2-4H3/b26-14?,28-6+. The Hall–Kier alpha value is -5.09. The Morgan fingerprint density at radius 3 is 2.15 bits per heavy atom. The molecule has 41 heavy (non-hydrogen) atoms. The normalized spacial score (nSPS) is 16.6. The predicted octanol–water partition coefficient (Wildman–Crippen LogP) is 9.18. The zero-order valence-corrected chi connectivity index (χ0v) is 23.5. The van der Waals surface area contributed by atoms with E-state index in [0.717, 1.165) is 39.2 Å². The van der Waals surface area contributed by atoms with E-state index >= 15 is 0 Å². The van der Waals surface area contributed by atoms with Crippen LogP contribution in [0.3, 0.4) is 0 Å². The molecule has 3 heterocycles. The first-order valence-electron chi connectivity index (χ1n) is 14.2. The second-order valence-corrected chi connectivity index (χ2v) is 11.3. The van der Waals surface area contributed by atoms with Crippen LogP contribution in [-0.2, 0) is 5.41 Å². The smallest absolute Gasteiger partial charge is 0.220 e. The molecule has 0 atom stereocenters. The molecule has 4 heteroatoms. The molecule has 0 saturated carbocycles. The van der Waals surface area contributed by atoms with Crippen LogP contribution in [0.4, 0.5) is 0 Å². The van der Waals surface area contributed by atoms with Crippen molar-refractivity contribution in [1.29, 1.82) is 0 Å². The van der Waals surface area contributed by atoms with Crippen LogP contribution in [0.1, 0.15) is 32.0 Å². The van der Waals surface area contributed by atoms with Crippen LogP contribution in [0.2, 0.25) is 0 Å². The monoisotopic (exact) mass is 530 g/mol. The first-order chi connectivity index (χ1) is 20.0. The van der Waals surface area contributed by atoms with Crippen LogP contribution >= 0.6 is 0 Å². The first kappa shape index (κ1) is 23.8. The van der Waals surface area contributed by atoms with E-state index in [2.05, 4.69) is 150 Å². The number of imidazole rings is 2. The summed E-state index contributed by atoms with van der Waals surface area (Å²) in [5.74, 6) is 0.917. The van der Waals surface area contributed by atoms with Crippen LogP contribution in [0.15, 0.2) is 127 Å². The van der Waals surface area contributed by atoms with Gasteiger partial charge in [-0.05, 0) is 66.6 Å². The molecule has 0 spiro atoms. The van der Waals surface area contributed by atoms with Gasteiger partial charge >= 0.3 is 0 Å². The molecule has 0 aliphatic heterocycles. The molecule has 3 aromatic heterocycles. The average Bonchev–Trinajstić information content (AvgIpc) is 3.68. The van der Waals surface area contributed by atoms with Gasteiger partial charge in [-0.3, -0.25) is 8.97 Å². The van der Waals surface area contributed by atoms with Crippen LogP contribution in [0.25, 0.3) is 55.7 Å². The molecule has 0 radical (unpaired) electrons. The fourth-order valence-corrected chi connectivity index (χ4v) is 7.16. The van der Waals surface area contributed by atoms with Gasteiger partial charge in [0.25, 0.3) is 0 Å². The van der Waals surface area contributed by atoms with Crippen LogP contribution in [0, 0.1) is 0 Å². The maximum Gasteiger partial charge on any atom is 0.220 e. The molecular weight excluding hydrogens is 500 g/mol. The van der Waals surface area contributed by atoms with E-state index in [4.69, 9.17) is 4.98 Å². The van der Waals surface area contributed by atoms with Gasteiger partial charge in [0, 0.05) is 27.7 Å². The average molecular weight is 531 g/mol. The van der Waals surface area contributed by atoms with Gasteiger partial charge in [-0.1, -0.05) is 87.2 Å². The molecule has 1 aliphatic carbocycles. The maximum absolute atomic E-state index is 5.10. The van der Waals surface area contributed by atoms with Crippen molar-refractivity contribution in [1.82, 2.24) is 18.5 Å². The Kier molecular flexibility index (Phi) is 4.90. The lowest BCUT2D eigenvalue weighted by atomic mass is 9.84. The first-order valence-corrected chi connectivity index (χ1v) is 14.2. The van der Waals surface area contributed by atoms with Crippen LogP contribution in [-0.4, -0.2) is 18.5 Å². The van der Waals surface area contributed by atoms with Crippen molar-refractivity contribution in [2.24, 2.45) is 0 Å². The molecule has 4 aromatic carbocycles. The van der Waals surface area contributed by atoms with Gasteiger partial charge in [-0.15, -0.1) is 0 Å².